The van der Waals surface area contributed by atoms with Gasteiger partial charge in [0.05, 0.1) is 26.2 Å². The largest absolute Gasteiger partial charge is 0.429 e. The summed E-state index contributed by atoms with van der Waals surface area (Å²) < 4.78 is 6.06. The zero-order valence-electron chi connectivity index (χ0n) is 9.10. The number of nitrogens with zero attached hydrogens (tertiary/aromatic N) is 2. The molecule has 2 aromatic rings. The van der Waals surface area contributed by atoms with Gasteiger partial charge in [0.1, 0.15) is 5.15 Å². The standard InChI is InChI=1S/C10H5BrCl2N2O3S/c11-6-2-1-5(15(16)17)3-7(6)18-10-14-9(13)8(4-12)19-10/h1-3H,4H2. The number of hydrogen-bond acceptors (Lipinski definition) is 5. The van der Waals surface area contributed by atoms with Crippen molar-refractivity contribution in [1.29, 1.82) is 0 Å². The highest BCUT2D eigenvalue weighted by molar-refractivity contribution is 9.10. The maximum atomic E-state index is 10.7. The van der Waals surface area contributed by atoms with Crippen molar-refractivity contribution >= 4 is 56.2 Å². The van der Waals surface area contributed by atoms with Crippen molar-refractivity contribution in [3.63, 3.8) is 0 Å². The lowest BCUT2D eigenvalue weighted by atomic mass is 10.3. The van der Waals surface area contributed by atoms with Crippen molar-refractivity contribution in [1.82, 2.24) is 4.98 Å². The smallest absolute Gasteiger partial charge is 0.280 e. The minimum atomic E-state index is -0.502. The second kappa shape index (κ2) is 6.04. The molecule has 0 atom stereocenters. The molecule has 9 heteroatoms. The molecule has 1 aromatic heterocycles. The highest BCUT2D eigenvalue weighted by Gasteiger charge is 2.14. The Balaban J connectivity index is 2.31. The van der Waals surface area contributed by atoms with Crippen molar-refractivity contribution in [2.45, 2.75) is 5.88 Å². The van der Waals surface area contributed by atoms with Crippen LogP contribution in [0, 0.1) is 10.1 Å². The van der Waals surface area contributed by atoms with E-state index in [0.717, 1.165) is 0 Å². The maximum absolute atomic E-state index is 10.7. The number of thiazole rings is 1. The number of benzene rings is 1. The Bertz CT molecular complexity index is 635. The minimum Gasteiger partial charge on any atom is -0.429 e. The van der Waals surface area contributed by atoms with Gasteiger partial charge in [-0.3, -0.25) is 10.1 Å². The molecule has 19 heavy (non-hydrogen) atoms. The van der Waals surface area contributed by atoms with E-state index in [4.69, 9.17) is 27.9 Å². The maximum Gasteiger partial charge on any atom is 0.280 e. The molecule has 0 unspecified atom stereocenters. The lowest BCUT2D eigenvalue weighted by Crippen LogP contribution is -1.90. The highest BCUT2D eigenvalue weighted by Crippen LogP contribution is 2.37. The molecule has 0 aliphatic carbocycles. The van der Waals surface area contributed by atoms with Crippen LogP contribution in [0.4, 0.5) is 5.69 Å². The van der Waals surface area contributed by atoms with Gasteiger partial charge in [-0.05, 0) is 22.0 Å². The number of ether oxygens (including phenoxy) is 1. The van der Waals surface area contributed by atoms with Gasteiger partial charge in [-0.2, -0.15) is 4.98 Å². The summed E-state index contributed by atoms with van der Waals surface area (Å²) in [5, 5.41) is 11.3. The fourth-order valence-corrected chi connectivity index (χ4v) is 2.88. The fourth-order valence-electron chi connectivity index (χ4n) is 1.22. The summed E-state index contributed by atoms with van der Waals surface area (Å²) in [6, 6.07) is 4.21. The summed E-state index contributed by atoms with van der Waals surface area (Å²) in [7, 11) is 0. The molecule has 0 bridgehead atoms. The Kier molecular flexibility index (Phi) is 4.62. The molecule has 0 aliphatic rings. The summed E-state index contributed by atoms with van der Waals surface area (Å²) in [6.07, 6.45) is 0. The van der Waals surface area contributed by atoms with Gasteiger partial charge < -0.3 is 4.74 Å². The van der Waals surface area contributed by atoms with E-state index in [2.05, 4.69) is 20.9 Å². The molecule has 5 nitrogen and oxygen atoms in total. The molecule has 100 valence electrons. The molecule has 0 radical (unpaired) electrons. The molecule has 0 saturated carbocycles. The van der Waals surface area contributed by atoms with Crippen LogP contribution in [0.15, 0.2) is 22.7 Å². The van der Waals surface area contributed by atoms with E-state index in [9.17, 15) is 10.1 Å². The molecule has 0 aliphatic heterocycles. The van der Waals surface area contributed by atoms with E-state index in [1.807, 2.05) is 0 Å². The van der Waals surface area contributed by atoms with Crippen LogP contribution < -0.4 is 4.74 Å². The fraction of sp³-hybridized carbons (Fsp3) is 0.100. The third-order valence-electron chi connectivity index (χ3n) is 2.07. The minimum absolute atomic E-state index is 0.0709. The SMILES string of the molecule is O=[N+]([O-])c1ccc(Br)c(Oc2nc(Cl)c(CCl)s2)c1. The number of alkyl halides is 1. The van der Waals surface area contributed by atoms with Gasteiger partial charge >= 0.3 is 0 Å². The van der Waals surface area contributed by atoms with Crippen LogP contribution in [-0.2, 0) is 5.88 Å². The first-order valence-electron chi connectivity index (χ1n) is 4.84. The highest BCUT2D eigenvalue weighted by atomic mass is 79.9. The Morgan fingerprint density at radius 1 is 1.53 bits per heavy atom. The quantitative estimate of drug-likeness (QED) is 0.423. The van der Waals surface area contributed by atoms with E-state index in [1.54, 1.807) is 0 Å². The first-order valence-corrected chi connectivity index (χ1v) is 7.36. The van der Waals surface area contributed by atoms with E-state index in [1.165, 1.54) is 29.5 Å². The van der Waals surface area contributed by atoms with E-state index in [-0.39, 0.29) is 21.9 Å². The van der Waals surface area contributed by atoms with Crippen molar-refractivity contribution in [2.75, 3.05) is 0 Å². The molecule has 0 fully saturated rings. The first kappa shape index (κ1) is 14.5. The van der Waals surface area contributed by atoms with Gasteiger partial charge in [-0.15, -0.1) is 11.6 Å². The predicted octanol–water partition coefficient (Wildman–Crippen LogP) is 5.00. The number of nitro benzene ring substituents is 1. The average molecular weight is 384 g/mol. The van der Waals surface area contributed by atoms with Gasteiger partial charge in [0.2, 0.25) is 0 Å². The molecule has 1 heterocycles. The summed E-state index contributed by atoms with van der Waals surface area (Å²) in [5.74, 6) is 0.524. The Labute approximate surface area is 130 Å². The zero-order chi connectivity index (χ0) is 14.0. The van der Waals surface area contributed by atoms with E-state index < -0.39 is 4.92 Å². The van der Waals surface area contributed by atoms with Crippen LogP contribution in [-0.4, -0.2) is 9.91 Å². The van der Waals surface area contributed by atoms with Crippen molar-refractivity contribution in [3.05, 3.63) is 42.8 Å². The van der Waals surface area contributed by atoms with Crippen LogP contribution in [0.3, 0.4) is 0 Å². The monoisotopic (exact) mass is 382 g/mol. The Morgan fingerprint density at radius 2 is 2.26 bits per heavy atom. The molecule has 0 N–H and O–H groups in total. The van der Waals surface area contributed by atoms with E-state index >= 15 is 0 Å². The van der Waals surface area contributed by atoms with Crippen LogP contribution in [0.25, 0.3) is 0 Å². The van der Waals surface area contributed by atoms with Gasteiger partial charge in [0.15, 0.2) is 5.75 Å². The van der Waals surface area contributed by atoms with Crippen LogP contribution in [0.1, 0.15) is 4.88 Å². The lowest BCUT2D eigenvalue weighted by molar-refractivity contribution is -0.384. The normalized spacial score (nSPS) is 10.5. The molecule has 2 rings (SSSR count). The van der Waals surface area contributed by atoms with Gasteiger partial charge in [0.25, 0.3) is 10.9 Å². The number of aromatic nitrogens is 1. The third kappa shape index (κ3) is 3.36. The van der Waals surface area contributed by atoms with Gasteiger partial charge in [0, 0.05) is 6.07 Å². The van der Waals surface area contributed by atoms with Crippen LogP contribution >= 0.6 is 50.5 Å². The topological polar surface area (TPSA) is 65.3 Å². The molecule has 0 spiro atoms. The van der Waals surface area contributed by atoms with Crippen molar-refractivity contribution in [2.24, 2.45) is 0 Å². The zero-order valence-corrected chi connectivity index (χ0v) is 13.0. The molecular weight excluding hydrogens is 379 g/mol. The predicted molar refractivity (Wildman–Crippen MR) is 77.6 cm³/mol. The number of hydrogen-bond donors (Lipinski definition) is 0. The van der Waals surface area contributed by atoms with Gasteiger partial charge in [-0.1, -0.05) is 22.9 Å². The van der Waals surface area contributed by atoms with Crippen LogP contribution in [0.2, 0.25) is 5.15 Å². The number of nitro groups is 1. The molecule has 0 saturated heterocycles. The summed E-state index contributed by atoms with van der Waals surface area (Å²) in [6.45, 7) is 0. The molecule has 1 aromatic carbocycles. The Hall–Kier alpha value is -0.890. The molecular formula is C10H5BrCl2N2O3S. The second-order valence-corrected chi connectivity index (χ2v) is 5.83. The summed E-state index contributed by atoms with van der Waals surface area (Å²) >= 11 is 16.0. The Morgan fingerprint density at radius 3 is 2.84 bits per heavy atom. The number of rotatable bonds is 4. The second-order valence-electron chi connectivity index (χ2n) is 3.30. The number of halogens is 3. The van der Waals surface area contributed by atoms with E-state index in [0.29, 0.717) is 15.1 Å². The van der Waals surface area contributed by atoms with Crippen LogP contribution in [0.5, 0.6) is 10.9 Å². The van der Waals surface area contributed by atoms with Crippen molar-refractivity contribution < 1.29 is 9.66 Å². The lowest BCUT2D eigenvalue weighted by Gasteiger charge is -2.03. The summed E-state index contributed by atoms with van der Waals surface area (Å²) in [5.41, 5.74) is -0.0709. The average Bonchev–Trinajstić information content (AvgIpc) is 2.72. The van der Waals surface area contributed by atoms with Gasteiger partial charge in [-0.25, -0.2) is 0 Å². The number of non-ortho nitro benzene ring substituents is 1. The summed E-state index contributed by atoms with van der Waals surface area (Å²) in [4.78, 5) is 14.9. The third-order valence-corrected chi connectivity index (χ3v) is 4.51. The first-order chi connectivity index (χ1) is 9.01. The van der Waals surface area contributed by atoms with Crippen molar-refractivity contribution in [3.8, 4) is 10.9 Å². The molecule has 0 amide bonds.